The zero-order valence-electron chi connectivity index (χ0n) is 28.1. The minimum Gasteiger partial charge on any atom is -0.463 e. The van der Waals surface area contributed by atoms with Gasteiger partial charge in [-0.2, -0.15) is 0 Å². The maximum atomic E-state index is 14.8. The van der Waals surface area contributed by atoms with Crippen LogP contribution in [0.3, 0.4) is 0 Å². The molecule has 8 heteroatoms. The van der Waals surface area contributed by atoms with Crippen LogP contribution in [-0.4, -0.2) is 21.7 Å². The summed E-state index contributed by atoms with van der Waals surface area (Å²) in [4.78, 5) is 34.2. The van der Waals surface area contributed by atoms with E-state index < -0.39 is 12.0 Å². The van der Waals surface area contributed by atoms with Crippen LogP contribution in [-0.2, 0) is 9.53 Å². The minimum absolute atomic E-state index is 0.192. The second-order valence-electron chi connectivity index (χ2n) is 12.2. The summed E-state index contributed by atoms with van der Waals surface area (Å²) in [5.74, 6) is -0.501. The van der Waals surface area contributed by atoms with Crippen molar-refractivity contribution >= 4 is 45.0 Å². The van der Waals surface area contributed by atoms with Crippen LogP contribution < -0.4 is 14.9 Å². The van der Waals surface area contributed by atoms with Gasteiger partial charge in [-0.1, -0.05) is 149 Å². The van der Waals surface area contributed by atoms with E-state index in [0.29, 0.717) is 20.6 Å². The van der Waals surface area contributed by atoms with Crippen LogP contribution in [0, 0.1) is 0 Å². The van der Waals surface area contributed by atoms with E-state index >= 15 is 0 Å². The highest BCUT2D eigenvalue weighted by Gasteiger charge is 2.35. The summed E-state index contributed by atoms with van der Waals surface area (Å²) >= 11 is 4.92. The third-order valence-electron chi connectivity index (χ3n) is 9.01. The van der Waals surface area contributed by atoms with Gasteiger partial charge in [0, 0.05) is 21.3 Å². The lowest BCUT2D eigenvalue weighted by Crippen LogP contribution is -2.40. The first-order valence-electron chi connectivity index (χ1n) is 17.0. The fourth-order valence-electron chi connectivity index (χ4n) is 6.74. The van der Waals surface area contributed by atoms with Gasteiger partial charge in [0.05, 0.1) is 39.8 Å². The molecule has 1 aliphatic rings. The van der Waals surface area contributed by atoms with Gasteiger partial charge >= 0.3 is 5.97 Å². The van der Waals surface area contributed by atoms with Crippen molar-refractivity contribution in [2.45, 2.75) is 13.0 Å². The van der Waals surface area contributed by atoms with Crippen LogP contribution in [0.2, 0.25) is 0 Å². The molecule has 52 heavy (non-hydrogen) atoms. The van der Waals surface area contributed by atoms with Gasteiger partial charge < -0.3 is 9.30 Å². The van der Waals surface area contributed by atoms with Gasteiger partial charge in [-0.05, 0) is 60.0 Å². The van der Waals surface area contributed by atoms with Crippen molar-refractivity contribution < 1.29 is 9.53 Å². The van der Waals surface area contributed by atoms with Gasteiger partial charge in [-0.25, -0.2) is 9.79 Å². The molecule has 254 valence electrons. The smallest absolute Gasteiger partial charge is 0.338 e. The van der Waals surface area contributed by atoms with E-state index in [1.54, 1.807) is 11.5 Å². The SMILES string of the molecule is CCOC(=O)C1=C(c2ccccc2)N=c2s/c(=C\c3cc(-c4ccccc4)n(-c4ccc(Br)cc4)c3-c3ccccc3)c(=O)n2[C@H]1c1ccccc1. The predicted octanol–water partition coefficient (Wildman–Crippen LogP) is 8.82. The number of benzene rings is 5. The molecule has 0 N–H and O–H groups in total. The van der Waals surface area contributed by atoms with Crippen molar-refractivity contribution in [2.24, 2.45) is 4.99 Å². The highest BCUT2D eigenvalue weighted by atomic mass is 79.9. The van der Waals surface area contributed by atoms with Crippen molar-refractivity contribution in [1.29, 1.82) is 0 Å². The molecule has 0 radical (unpaired) electrons. The van der Waals surface area contributed by atoms with Crippen molar-refractivity contribution in [3.63, 3.8) is 0 Å². The van der Waals surface area contributed by atoms with E-state index in [-0.39, 0.29) is 12.2 Å². The normalized spacial score (nSPS) is 14.2. The van der Waals surface area contributed by atoms with Crippen molar-refractivity contribution in [1.82, 2.24) is 9.13 Å². The number of halogens is 1. The van der Waals surface area contributed by atoms with E-state index in [4.69, 9.17) is 9.73 Å². The summed E-state index contributed by atoms with van der Waals surface area (Å²) < 4.78 is 11.0. The summed E-state index contributed by atoms with van der Waals surface area (Å²) in [6.45, 7) is 1.97. The van der Waals surface area contributed by atoms with Gasteiger partial charge in [0.25, 0.3) is 5.56 Å². The molecule has 6 nitrogen and oxygen atoms in total. The number of aromatic nitrogens is 2. The third kappa shape index (κ3) is 6.21. The molecule has 5 aromatic carbocycles. The highest BCUT2D eigenvalue weighted by Crippen LogP contribution is 2.38. The molecule has 0 bridgehead atoms. The number of fused-ring (bicyclic) bond motifs is 1. The van der Waals surface area contributed by atoms with E-state index in [1.807, 2.05) is 115 Å². The minimum atomic E-state index is -0.741. The first-order valence-corrected chi connectivity index (χ1v) is 18.6. The summed E-state index contributed by atoms with van der Waals surface area (Å²) in [7, 11) is 0. The molecule has 0 amide bonds. The molecular weight excluding hydrogens is 730 g/mol. The molecule has 0 fully saturated rings. The number of nitrogens with zero attached hydrogens (tertiary/aromatic N) is 3. The van der Waals surface area contributed by atoms with Crippen molar-refractivity contribution in [3.05, 3.63) is 198 Å². The highest BCUT2D eigenvalue weighted by molar-refractivity contribution is 9.10. The number of rotatable bonds is 8. The van der Waals surface area contributed by atoms with Crippen LogP contribution in [0.25, 0.3) is 40.0 Å². The number of carbonyl (C=O) groups excluding carboxylic acids is 1. The Kier molecular flexibility index (Phi) is 9.24. The Balaban J connectivity index is 1.43. The van der Waals surface area contributed by atoms with Crippen LogP contribution in [0.15, 0.2) is 171 Å². The zero-order valence-corrected chi connectivity index (χ0v) is 30.6. The third-order valence-corrected chi connectivity index (χ3v) is 10.5. The quantitative estimate of drug-likeness (QED) is 0.146. The van der Waals surface area contributed by atoms with Crippen molar-refractivity contribution in [2.75, 3.05) is 6.61 Å². The topological polar surface area (TPSA) is 65.6 Å². The largest absolute Gasteiger partial charge is 0.463 e. The Morgan fingerprint density at radius 3 is 1.98 bits per heavy atom. The molecule has 0 unspecified atom stereocenters. The lowest BCUT2D eigenvalue weighted by Gasteiger charge is -2.25. The lowest BCUT2D eigenvalue weighted by molar-refractivity contribution is -0.138. The number of hydrogen-bond acceptors (Lipinski definition) is 5. The van der Waals surface area contributed by atoms with Gasteiger partial charge in [0.2, 0.25) is 0 Å². The molecule has 0 spiro atoms. The monoisotopic (exact) mass is 761 g/mol. The molecule has 3 heterocycles. The average molecular weight is 763 g/mol. The molecule has 0 saturated heterocycles. The number of thiazole rings is 1. The van der Waals surface area contributed by atoms with Gasteiger partial charge in [-0.15, -0.1) is 0 Å². The van der Waals surface area contributed by atoms with E-state index in [2.05, 4.69) is 63.0 Å². The van der Waals surface area contributed by atoms with Gasteiger partial charge in [0.1, 0.15) is 0 Å². The van der Waals surface area contributed by atoms with Crippen LogP contribution in [0.4, 0.5) is 0 Å². The van der Waals surface area contributed by atoms with Gasteiger partial charge in [-0.3, -0.25) is 9.36 Å². The number of esters is 1. The van der Waals surface area contributed by atoms with Crippen molar-refractivity contribution in [3.8, 4) is 28.2 Å². The predicted molar refractivity (Wildman–Crippen MR) is 212 cm³/mol. The van der Waals surface area contributed by atoms with Crippen LogP contribution in [0.5, 0.6) is 0 Å². The summed E-state index contributed by atoms with van der Waals surface area (Å²) in [6, 6.07) is 49.4. The van der Waals surface area contributed by atoms with Crippen LogP contribution in [0.1, 0.15) is 29.7 Å². The molecule has 0 aliphatic carbocycles. The Labute approximate surface area is 313 Å². The molecule has 2 aromatic heterocycles. The standard InChI is InChI=1S/C44H32BrN3O3S/c1-2-51-43(50)38-39(30-17-9-4-10-18-30)46-44-48(41(38)32-21-13-6-14-22-32)42(49)37(52-44)28-33-27-36(29-15-7-3-8-16-29)47(35-25-23-34(45)24-26-35)40(33)31-19-11-5-12-20-31/h3-28,41H,2H2,1H3/b37-28-/t41-/m0/s1. The molecule has 8 rings (SSSR count). The van der Waals surface area contributed by atoms with Crippen LogP contribution >= 0.6 is 27.3 Å². The summed E-state index contributed by atoms with van der Waals surface area (Å²) in [5, 5.41) is 0. The Bertz CT molecular complexity index is 2610. The molecular formula is C44H32BrN3O3S. The maximum absolute atomic E-state index is 14.8. The van der Waals surface area contributed by atoms with Gasteiger partial charge in [0.15, 0.2) is 4.80 Å². The Morgan fingerprint density at radius 2 is 1.37 bits per heavy atom. The van der Waals surface area contributed by atoms with E-state index in [0.717, 1.165) is 49.4 Å². The van der Waals surface area contributed by atoms with E-state index in [1.165, 1.54) is 11.3 Å². The molecule has 1 atom stereocenters. The molecule has 0 saturated carbocycles. The Morgan fingerprint density at radius 1 is 0.788 bits per heavy atom. The summed E-state index contributed by atoms with van der Waals surface area (Å²) in [6.07, 6.45) is 1.96. The zero-order chi connectivity index (χ0) is 35.6. The maximum Gasteiger partial charge on any atom is 0.338 e. The number of carbonyl (C=O) groups is 1. The summed E-state index contributed by atoms with van der Waals surface area (Å²) in [5.41, 5.74) is 8.00. The molecule has 7 aromatic rings. The first-order chi connectivity index (χ1) is 25.5. The average Bonchev–Trinajstić information content (AvgIpc) is 3.72. The number of ether oxygens (including phenoxy) is 1. The second-order valence-corrected chi connectivity index (χ2v) is 14.1. The Hall–Kier alpha value is -5.83. The fraction of sp³-hybridized carbons (Fsp3) is 0.0682. The van der Waals surface area contributed by atoms with E-state index in [9.17, 15) is 9.59 Å². The second kappa shape index (κ2) is 14.4. The fourth-order valence-corrected chi connectivity index (χ4v) is 8.00. The first kappa shape index (κ1) is 33.3. The lowest BCUT2D eigenvalue weighted by atomic mass is 9.93. The molecule has 1 aliphatic heterocycles. The number of hydrogen-bond donors (Lipinski definition) is 0.